The molecule has 5 nitrogen and oxygen atoms in total. The molecule has 2 aromatic heterocycles. The van der Waals surface area contributed by atoms with E-state index in [1.54, 1.807) is 24.7 Å². The zero-order valence-electron chi connectivity index (χ0n) is 13.0. The number of hydrogen-bond donors (Lipinski definition) is 1. The highest BCUT2D eigenvalue weighted by Crippen LogP contribution is 2.20. The fourth-order valence-electron chi connectivity index (χ4n) is 2.44. The van der Waals surface area contributed by atoms with Gasteiger partial charge in [-0.25, -0.2) is 4.98 Å². The summed E-state index contributed by atoms with van der Waals surface area (Å²) >= 11 is 0. The number of amides is 1. The number of carbonyl (C=O) groups excluding carboxylic acids is 1. The zero-order valence-corrected chi connectivity index (χ0v) is 13.0. The van der Waals surface area contributed by atoms with E-state index in [1.165, 1.54) is 0 Å². The van der Waals surface area contributed by atoms with Gasteiger partial charge >= 0.3 is 0 Å². The summed E-state index contributed by atoms with van der Waals surface area (Å²) in [4.78, 5) is 21.0. The highest BCUT2D eigenvalue weighted by molar-refractivity contribution is 5.95. The first-order valence-electron chi connectivity index (χ1n) is 7.34. The zero-order chi connectivity index (χ0) is 16.2. The molecule has 0 aliphatic heterocycles. The Morgan fingerprint density at radius 1 is 1.17 bits per heavy atom. The number of aromatic nitrogens is 2. The van der Waals surface area contributed by atoms with Gasteiger partial charge in [0.15, 0.2) is 5.76 Å². The van der Waals surface area contributed by atoms with Gasteiger partial charge in [-0.15, -0.1) is 0 Å². The van der Waals surface area contributed by atoms with Crippen LogP contribution < -0.4 is 5.32 Å². The van der Waals surface area contributed by atoms with E-state index in [9.17, 15) is 4.79 Å². The van der Waals surface area contributed by atoms with Gasteiger partial charge in [0.2, 0.25) is 0 Å². The molecule has 1 aromatic carbocycles. The van der Waals surface area contributed by atoms with E-state index in [-0.39, 0.29) is 12.5 Å². The lowest BCUT2D eigenvalue weighted by atomic mass is 10.1. The van der Waals surface area contributed by atoms with Crippen LogP contribution in [0.5, 0.6) is 0 Å². The molecule has 0 atom stereocenters. The maximum Gasteiger partial charge on any atom is 0.251 e. The van der Waals surface area contributed by atoms with E-state index < -0.39 is 0 Å². The molecule has 2 heterocycles. The van der Waals surface area contributed by atoms with Crippen LogP contribution in [0.3, 0.4) is 0 Å². The van der Waals surface area contributed by atoms with E-state index >= 15 is 0 Å². The Labute approximate surface area is 134 Å². The molecule has 0 unspecified atom stereocenters. The second-order valence-corrected chi connectivity index (χ2v) is 5.33. The number of nitrogens with one attached hydrogen (secondary N) is 1. The molecule has 0 aliphatic rings. The Morgan fingerprint density at radius 2 is 2.00 bits per heavy atom. The molecule has 1 N–H and O–H groups in total. The number of nitrogens with zero attached hydrogens (tertiary/aromatic N) is 2. The predicted molar refractivity (Wildman–Crippen MR) is 86.8 cm³/mol. The van der Waals surface area contributed by atoms with Crippen LogP contribution in [0.1, 0.15) is 27.2 Å². The van der Waals surface area contributed by atoms with Crippen LogP contribution in [-0.4, -0.2) is 15.9 Å². The molecule has 0 saturated heterocycles. The topological polar surface area (TPSA) is 68.0 Å². The normalized spacial score (nSPS) is 10.5. The van der Waals surface area contributed by atoms with Gasteiger partial charge in [-0.2, -0.15) is 0 Å². The van der Waals surface area contributed by atoms with Crippen molar-refractivity contribution in [2.45, 2.75) is 20.4 Å². The number of rotatable bonds is 4. The van der Waals surface area contributed by atoms with Gasteiger partial charge in [-0.3, -0.25) is 9.78 Å². The number of carbonyl (C=O) groups is 1. The molecule has 116 valence electrons. The molecular formula is C18H17N3O2. The van der Waals surface area contributed by atoms with Crippen molar-refractivity contribution in [3.05, 3.63) is 71.4 Å². The molecule has 3 rings (SSSR count). The smallest absolute Gasteiger partial charge is 0.251 e. The number of furan rings is 1. The van der Waals surface area contributed by atoms with Gasteiger partial charge in [0.05, 0.1) is 18.5 Å². The summed E-state index contributed by atoms with van der Waals surface area (Å²) in [6.45, 7) is 4.22. The molecule has 0 saturated carbocycles. The Kier molecular flexibility index (Phi) is 4.19. The first-order valence-corrected chi connectivity index (χ1v) is 7.34. The fourth-order valence-corrected chi connectivity index (χ4v) is 2.44. The van der Waals surface area contributed by atoms with Gasteiger partial charge < -0.3 is 9.73 Å². The van der Waals surface area contributed by atoms with E-state index in [2.05, 4.69) is 15.3 Å². The summed E-state index contributed by atoms with van der Waals surface area (Å²) in [5.41, 5.74) is 4.05. The summed E-state index contributed by atoms with van der Waals surface area (Å²) in [7, 11) is 0. The minimum absolute atomic E-state index is 0.126. The van der Waals surface area contributed by atoms with Crippen LogP contribution in [0.2, 0.25) is 0 Å². The highest BCUT2D eigenvalue weighted by atomic mass is 16.3. The van der Waals surface area contributed by atoms with Crippen molar-refractivity contribution in [2.75, 3.05) is 0 Å². The average molecular weight is 307 g/mol. The standard InChI is InChI=1S/C18H17N3O2/c1-12-5-6-14(13(2)10-12)18(22)21-11-15-17(20-8-7-19-15)16-4-3-9-23-16/h3-10H,11H2,1-2H3,(H,21,22). The third-order valence-corrected chi connectivity index (χ3v) is 3.57. The van der Waals surface area contributed by atoms with Gasteiger partial charge in [0.1, 0.15) is 5.69 Å². The van der Waals surface area contributed by atoms with Crippen molar-refractivity contribution in [3.63, 3.8) is 0 Å². The van der Waals surface area contributed by atoms with Gasteiger partial charge in [0.25, 0.3) is 5.91 Å². The van der Waals surface area contributed by atoms with Crippen molar-refractivity contribution < 1.29 is 9.21 Å². The van der Waals surface area contributed by atoms with Crippen LogP contribution in [0.4, 0.5) is 0 Å². The molecule has 0 fully saturated rings. The van der Waals surface area contributed by atoms with E-state index in [4.69, 9.17) is 4.42 Å². The van der Waals surface area contributed by atoms with Crippen molar-refractivity contribution in [2.24, 2.45) is 0 Å². The van der Waals surface area contributed by atoms with Crippen LogP contribution >= 0.6 is 0 Å². The van der Waals surface area contributed by atoms with Crippen molar-refractivity contribution in [3.8, 4) is 11.5 Å². The van der Waals surface area contributed by atoms with Crippen molar-refractivity contribution in [1.29, 1.82) is 0 Å². The minimum atomic E-state index is -0.126. The summed E-state index contributed by atoms with van der Waals surface area (Å²) in [5.74, 6) is 0.507. The van der Waals surface area contributed by atoms with Gasteiger partial charge in [0, 0.05) is 18.0 Å². The first-order chi connectivity index (χ1) is 11.1. The molecule has 0 radical (unpaired) electrons. The van der Waals surface area contributed by atoms with Crippen LogP contribution in [0.15, 0.2) is 53.4 Å². The van der Waals surface area contributed by atoms with E-state index in [1.807, 2.05) is 38.1 Å². The quantitative estimate of drug-likeness (QED) is 0.803. The molecule has 0 bridgehead atoms. The largest absolute Gasteiger partial charge is 0.463 e. The minimum Gasteiger partial charge on any atom is -0.463 e. The molecule has 0 spiro atoms. The molecule has 5 heteroatoms. The van der Waals surface area contributed by atoms with Crippen LogP contribution in [-0.2, 0) is 6.54 Å². The number of hydrogen-bond acceptors (Lipinski definition) is 4. The Hall–Kier alpha value is -2.95. The summed E-state index contributed by atoms with van der Waals surface area (Å²) in [5, 5.41) is 2.89. The van der Waals surface area contributed by atoms with Crippen LogP contribution in [0.25, 0.3) is 11.5 Å². The summed E-state index contributed by atoms with van der Waals surface area (Å²) in [6.07, 6.45) is 4.79. The van der Waals surface area contributed by atoms with Gasteiger partial charge in [-0.05, 0) is 37.6 Å². The summed E-state index contributed by atoms with van der Waals surface area (Å²) < 4.78 is 5.37. The van der Waals surface area contributed by atoms with E-state index in [0.717, 1.165) is 11.1 Å². The molecule has 1 amide bonds. The predicted octanol–water partition coefficient (Wildman–Crippen LogP) is 3.28. The number of benzene rings is 1. The highest BCUT2D eigenvalue weighted by Gasteiger charge is 2.13. The molecule has 23 heavy (non-hydrogen) atoms. The van der Waals surface area contributed by atoms with E-state index in [0.29, 0.717) is 22.7 Å². The first kappa shape index (κ1) is 15.0. The fraction of sp³-hybridized carbons (Fsp3) is 0.167. The maximum atomic E-state index is 12.4. The second kappa shape index (κ2) is 6.44. The lowest BCUT2D eigenvalue weighted by molar-refractivity contribution is 0.0950. The monoisotopic (exact) mass is 307 g/mol. The summed E-state index contributed by atoms with van der Waals surface area (Å²) in [6, 6.07) is 9.37. The van der Waals surface area contributed by atoms with Crippen molar-refractivity contribution >= 4 is 5.91 Å². The Balaban J connectivity index is 1.77. The molecule has 3 aromatic rings. The van der Waals surface area contributed by atoms with Gasteiger partial charge in [-0.1, -0.05) is 17.7 Å². The Bertz CT molecular complexity index is 826. The number of aryl methyl sites for hydroxylation is 2. The molecule has 0 aliphatic carbocycles. The second-order valence-electron chi connectivity index (χ2n) is 5.33. The van der Waals surface area contributed by atoms with Crippen LogP contribution in [0, 0.1) is 13.8 Å². The van der Waals surface area contributed by atoms with Crippen molar-refractivity contribution in [1.82, 2.24) is 15.3 Å². The lowest BCUT2D eigenvalue weighted by Crippen LogP contribution is -2.24. The SMILES string of the molecule is Cc1ccc(C(=O)NCc2nccnc2-c2ccco2)c(C)c1. The third-order valence-electron chi connectivity index (χ3n) is 3.57. The lowest BCUT2D eigenvalue weighted by Gasteiger charge is -2.09. The third kappa shape index (κ3) is 3.29. The maximum absolute atomic E-state index is 12.4. The average Bonchev–Trinajstić information content (AvgIpc) is 3.07. The molecular weight excluding hydrogens is 290 g/mol. The Morgan fingerprint density at radius 3 is 2.74 bits per heavy atom.